The van der Waals surface area contributed by atoms with E-state index in [4.69, 9.17) is 0 Å². The molecule has 0 bridgehead atoms. The summed E-state index contributed by atoms with van der Waals surface area (Å²) in [6.45, 7) is 3.88. The van der Waals surface area contributed by atoms with E-state index in [2.05, 4.69) is 0 Å². The van der Waals surface area contributed by atoms with Crippen LogP contribution < -0.4 is 0 Å². The summed E-state index contributed by atoms with van der Waals surface area (Å²) in [5.74, 6) is 0. The molecule has 0 aliphatic rings. The first-order chi connectivity index (χ1) is 7.15. The Morgan fingerprint density at radius 2 is 2.07 bits per heavy atom. The summed E-state index contributed by atoms with van der Waals surface area (Å²) in [6.07, 6.45) is 5.57. The van der Waals surface area contributed by atoms with Crippen molar-refractivity contribution >= 4 is 11.8 Å². The molecule has 0 unspecified atom stereocenters. The van der Waals surface area contributed by atoms with Gasteiger partial charge in [-0.25, -0.2) is 0 Å². The zero-order chi connectivity index (χ0) is 11.3. The largest absolute Gasteiger partial charge is 0.276 e. The Hall–Kier alpha value is -1.90. The fourth-order valence-electron chi connectivity index (χ4n) is 1.11. The molecule has 0 aliphatic carbocycles. The molecule has 0 amide bonds. The molecule has 0 aliphatic heterocycles. The fourth-order valence-corrected chi connectivity index (χ4v) is 1.11. The van der Waals surface area contributed by atoms with Gasteiger partial charge in [0.1, 0.15) is 0 Å². The molecule has 1 aromatic rings. The molecule has 0 fully saturated rings. The molecule has 0 radical (unpaired) electrons. The average molecular weight is 203 g/mol. The normalized spacial score (nSPS) is 12.0. The molecule has 1 aromatic carbocycles. The molecular weight excluding hydrogens is 190 g/mol. The van der Waals surface area contributed by atoms with Crippen LogP contribution in [0.15, 0.2) is 42.0 Å². The fraction of sp³-hybridized carbons (Fsp3) is 0.167. The number of benzene rings is 1. The Morgan fingerprint density at radius 3 is 2.67 bits per heavy atom. The van der Waals surface area contributed by atoms with Gasteiger partial charge in [0.2, 0.25) is 0 Å². The van der Waals surface area contributed by atoms with Crippen molar-refractivity contribution in [1.29, 1.82) is 0 Å². The van der Waals surface area contributed by atoms with E-state index in [0.29, 0.717) is 5.56 Å². The van der Waals surface area contributed by atoms with Crippen LogP contribution in [0, 0.1) is 10.1 Å². The van der Waals surface area contributed by atoms with Gasteiger partial charge >= 0.3 is 0 Å². The third-order valence-electron chi connectivity index (χ3n) is 2.11. The molecule has 3 heteroatoms. The number of rotatable bonds is 3. The maximum absolute atomic E-state index is 10.7. The Bertz CT molecular complexity index is 419. The monoisotopic (exact) mass is 203 g/mol. The summed E-state index contributed by atoms with van der Waals surface area (Å²) in [4.78, 5) is 10.3. The first-order valence-corrected chi connectivity index (χ1v) is 4.69. The van der Waals surface area contributed by atoms with Gasteiger partial charge in [-0.05, 0) is 26.0 Å². The van der Waals surface area contributed by atoms with Crippen molar-refractivity contribution in [2.24, 2.45) is 0 Å². The highest BCUT2D eigenvalue weighted by Gasteiger charge is 2.08. The minimum absolute atomic E-state index is 0.137. The summed E-state index contributed by atoms with van der Waals surface area (Å²) in [7, 11) is 0. The second-order valence-corrected chi connectivity index (χ2v) is 3.18. The molecule has 0 aromatic heterocycles. The average Bonchev–Trinajstić information content (AvgIpc) is 2.26. The van der Waals surface area contributed by atoms with Crippen molar-refractivity contribution in [2.45, 2.75) is 13.8 Å². The molecular formula is C12H13NO2. The van der Waals surface area contributed by atoms with E-state index in [9.17, 15) is 10.1 Å². The van der Waals surface area contributed by atoms with Crippen LogP contribution in [0.4, 0.5) is 5.69 Å². The minimum Gasteiger partial charge on any atom is -0.258 e. The number of nitrogens with zero attached hydrogens (tertiary/aromatic N) is 1. The first kappa shape index (κ1) is 11.2. The van der Waals surface area contributed by atoms with E-state index in [1.54, 1.807) is 24.3 Å². The maximum Gasteiger partial charge on any atom is 0.276 e. The van der Waals surface area contributed by atoms with Crippen molar-refractivity contribution < 1.29 is 4.92 Å². The molecule has 1 rings (SSSR count). The summed E-state index contributed by atoms with van der Waals surface area (Å²) in [5.41, 5.74) is 1.84. The van der Waals surface area contributed by atoms with Crippen LogP contribution in [0.2, 0.25) is 0 Å². The van der Waals surface area contributed by atoms with Crippen molar-refractivity contribution in [3.8, 4) is 0 Å². The topological polar surface area (TPSA) is 43.1 Å². The number of para-hydroxylation sites is 1. The summed E-state index contributed by atoms with van der Waals surface area (Å²) < 4.78 is 0. The standard InChI is InChI=1S/C12H13NO2/c1-3-10(2)8-9-11-6-4-5-7-12(11)13(14)15/h3-9H,1-2H3. The lowest BCUT2D eigenvalue weighted by Gasteiger charge is -1.96. The highest BCUT2D eigenvalue weighted by molar-refractivity contribution is 5.62. The van der Waals surface area contributed by atoms with Crippen LogP contribution in [0.25, 0.3) is 6.08 Å². The van der Waals surface area contributed by atoms with E-state index < -0.39 is 0 Å². The number of nitro benzene ring substituents is 1. The van der Waals surface area contributed by atoms with E-state index in [1.165, 1.54) is 6.07 Å². The van der Waals surface area contributed by atoms with Crippen LogP contribution >= 0.6 is 0 Å². The van der Waals surface area contributed by atoms with Gasteiger partial charge in [-0.2, -0.15) is 0 Å². The predicted octanol–water partition coefficient (Wildman–Crippen LogP) is 3.57. The third-order valence-corrected chi connectivity index (χ3v) is 2.11. The minimum atomic E-state index is -0.370. The van der Waals surface area contributed by atoms with Crippen molar-refractivity contribution in [2.75, 3.05) is 0 Å². The van der Waals surface area contributed by atoms with Gasteiger partial charge in [0.25, 0.3) is 5.69 Å². The summed E-state index contributed by atoms with van der Waals surface area (Å²) in [5, 5.41) is 10.7. The Balaban J connectivity index is 3.04. The van der Waals surface area contributed by atoms with E-state index in [0.717, 1.165) is 5.57 Å². The van der Waals surface area contributed by atoms with E-state index in [1.807, 2.05) is 26.0 Å². The molecule has 0 atom stereocenters. The van der Waals surface area contributed by atoms with Gasteiger partial charge in [0, 0.05) is 6.07 Å². The number of nitro groups is 1. The second kappa shape index (κ2) is 5.10. The van der Waals surface area contributed by atoms with Crippen LogP contribution in [0.1, 0.15) is 19.4 Å². The second-order valence-electron chi connectivity index (χ2n) is 3.18. The van der Waals surface area contributed by atoms with Crippen LogP contribution in [-0.4, -0.2) is 4.92 Å². The molecule has 15 heavy (non-hydrogen) atoms. The van der Waals surface area contributed by atoms with Crippen LogP contribution in [-0.2, 0) is 0 Å². The highest BCUT2D eigenvalue weighted by atomic mass is 16.6. The van der Waals surface area contributed by atoms with Crippen molar-refractivity contribution in [3.63, 3.8) is 0 Å². The first-order valence-electron chi connectivity index (χ1n) is 4.69. The highest BCUT2D eigenvalue weighted by Crippen LogP contribution is 2.19. The molecule has 3 nitrogen and oxygen atoms in total. The molecule has 78 valence electrons. The summed E-state index contributed by atoms with van der Waals surface area (Å²) >= 11 is 0. The molecule has 0 saturated heterocycles. The Morgan fingerprint density at radius 1 is 1.40 bits per heavy atom. The zero-order valence-electron chi connectivity index (χ0n) is 8.81. The lowest BCUT2D eigenvalue weighted by molar-refractivity contribution is -0.385. The van der Waals surface area contributed by atoms with E-state index in [-0.39, 0.29) is 10.6 Å². The predicted molar refractivity (Wildman–Crippen MR) is 61.6 cm³/mol. The molecule has 0 N–H and O–H groups in total. The van der Waals surface area contributed by atoms with Gasteiger partial charge in [0.15, 0.2) is 0 Å². The lowest BCUT2D eigenvalue weighted by atomic mass is 10.1. The van der Waals surface area contributed by atoms with E-state index >= 15 is 0 Å². The number of hydrogen-bond donors (Lipinski definition) is 0. The zero-order valence-corrected chi connectivity index (χ0v) is 8.81. The Kier molecular flexibility index (Phi) is 3.80. The Labute approximate surface area is 88.9 Å². The van der Waals surface area contributed by atoms with Crippen LogP contribution in [0.3, 0.4) is 0 Å². The summed E-state index contributed by atoms with van der Waals surface area (Å²) in [6, 6.07) is 6.69. The van der Waals surface area contributed by atoms with Crippen molar-refractivity contribution in [3.05, 3.63) is 57.7 Å². The van der Waals surface area contributed by atoms with Crippen molar-refractivity contribution in [1.82, 2.24) is 0 Å². The SMILES string of the molecule is CC=C(C)C=Cc1ccccc1[N+](=O)[O-]. The number of allylic oxidation sites excluding steroid dienone is 3. The van der Waals surface area contributed by atoms with Gasteiger partial charge in [-0.3, -0.25) is 10.1 Å². The van der Waals surface area contributed by atoms with Gasteiger partial charge in [-0.15, -0.1) is 0 Å². The smallest absolute Gasteiger partial charge is 0.258 e. The number of hydrogen-bond acceptors (Lipinski definition) is 2. The molecule has 0 spiro atoms. The molecule has 0 saturated carbocycles. The molecule has 0 heterocycles. The maximum atomic E-state index is 10.7. The third kappa shape index (κ3) is 3.06. The van der Waals surface area contributed by atoms with Gasteiger partial charge in [0.05, 0.1) is 10.5 Å². The van der Waals surface area contributed by atoms with Gasteiger partial charge in [-0.1, -0.05) is 29.9 Å². The van der Waals surface area contributed by atoms with Crippen LogP contribution in [0.5, 0.6) is 0 Å². The van der Waals surface area contributed by atoms with Gasteiger partial charge < -0.3 is 0 Å². The lowest BCUT2D eigenvalue weighted by Crippen LogP contribution is -1.90. The quantitative estimate of drug-likeness (QED) is 0.428.